The first-order chi connectivity index (χ1) is 15.0. The van der Waals surface area contributed by atoms with Crippen LogP contribution in [0.1, 0.15) is 71.1 Å². The third kappa shape index (κ3) is 7.16. The Morgan fingerprint density at radius 1 is 1.19 bits per heavy atom. The van der Waals surface area contributed by atoms with Crippen LogP contribution in [0.2, 0.25) is 0 Å². The molecule has 5 atom stereocenters. The van der Waals surface area contributed by atoms with Crippen molar-refractivity contribution in [2.24, 2.45) is 17.8 Å². The lowest BCUT2D eigenvalue weighted by atomic mass is 9.88. The number of unbranched alkanes of at least 4 members (excludes halogenated alkanes) is 3. The molecule has 0 aromatic carbocycles. The second-order valence-corrected chi connectivity index (χ2v) is 10.1. The van der Waals surface area contributed by atoms with E-state index in [1.807, 2.05) is 11.0 Å². The number of amides is 1. The Balaban J connectivity index is 1.36. The van der Waals surface area contributed by atoms with Crippen LogP contribution in [-0.4, -0.2) is 71.4 Å². The Labute approximate surface area is 189 Å². The number of carbonyl (C=O) groups excluding carboxylic acids is 1. The van der Waals surface area contributed by atoms with Gasteiger partial charge in [-0.2, -0.15) is 0 Å². The van der Waals surface area contributed by atoms with E-state index in [1.165, 1.54) is 12.0 Å². The summed E-state index contributed by atoms with van der Waals surface area (Å²) in [5.74, 6) is 1.44. The number of nitrogens with zero attached hydrogens (tertiary/aromatic N) is 2. The largest absolute Gasteiger partial charge is 0.392 e. The van der Waals surface area contributed by atoms with Gasteiger partial charge in [-0.25, -0.2) is 0 Å². The minimum atomic E-state index is -0.385. The highest BCUT2D eigenvalue weighted by Gasteiger charge is 2.43. The Hall–Kier alpha value is -1.17. The number of allylic oxidation sites excluding steroid dienone is 2. The molecule has 176 valence electrons. The van der Waals surface area contributed by atoms with Gasteiger partial charge in [-0.1, -0.05) is 50.0 Å². The number of hydrogen-bond acceptors (Lipinski definition) is 4. The molecular formula is C26H44N2O3. The lowest BCUT2D eigenvalue weighted by Crippen LogP contribution is -2.47. The zero-order valence-electron chi connectivity index (χ0n) is 19.7. The third-order valence-corrected chi connectivity index (χ3v) is 7.60. The van der Waals surface area contributed by atoms with Gasteiger partial charge in [0.05, 0.1) is 12.2 Å². The van der Waals surface area contributed by atoms with Crippen molar-refractivity contribution in [3.05, 3.63) is 23.8 Å². The van der Waals surface area contributed by atoms with Crippen molar-refractivity contribution in [2.45, 2.75) is 83.3 Å². The molecule has 1 heterocycles. The summed E-state index contributed by atoms with van der Waals surface area (Å²) in [6.07, 6.45) is 15.7. The number of aliphatic hydroxyl groups is 2. The molecule has 5 heteroatoms. The van der Waals surface area contributed by atoms with Crippen LogP contribution in [-0.2, 0) is 4.79 Å². The number of aliphatic hydroxyl groups excluding tert-OH is 2. The summed E-state index contributed by atoms with van der Waals surface area (Å²) in [5.41, 5.74) is 1.51. The van der Waals surface area contributed by atoms with E-state index in [2.05, 4.69) is 31.0 Å². The number of likely N-dealkylation sites (N-methyl/N-ethyl adjacent to an activating group) is 1. The van der Waals surface area contributed by atoms with E-state index in [9.17, 15) is 15.0 Å². The Bertz CT molecular complexity index is 624. The van der Waals surface area contributed by atoms with Crippen LogP contribution in [0.15, 0.2) is 23.8 Å². The molecule has 1 saturated carbocycles. The molecule has 0 bridgehead atoms. The molecule has 0 aromatic heterocycles. The minimum Gasteiger partial charge on any atom is -0.392 e. The predicted molar refractivity (Wildman–Crippen MR) is 126 cm³/mol. The van der Waals surface area contributed by atoms with Crippen LogP contribution in [0, 0.1) is 17.8 Å². The van der Waals surface area contributed by atoms with E-state index >= 15 is 0 Å². The van der Waals surface area contributed by atoms with Gasteiger partial charge in [-0.05, 0) is 57.4 Å². The first-order valence-corrected chi connectivity index (χ1v) is 12.7. The van der Waals surface area contributed by atoms with Crippen molar-refractivity contribution in [1.29, 1.82) is 0 Å². The fraction of sp³-hybridized carbons (Fsp3) is 0.808. The SMILES string of the molecule is CCCCC[C@H](O)/C=C/[C@@H]1[C@H]2CC(CCCCC(=O)N3CCN(C)CC3)=C[C@H]2C[C@H]1O. The molecule has 1 saturated heterocycles. The van der Waals surface area contributed by atoms with Crippen molar-refractivity contribution >= 4 is 5.91 Å². The molecule has 2 aliphatic carbocycles. The zero-order chi connectivity index (χ0) is 22.2. The van der Waals surface area contributed by atoms with Crippen LogP contribution in [0.3, 0.4) is 0 Å². The molecule has 2 fully saturated rings. The van der Waals surface area contributed by atoms with Gasteiger partial charge in [0, 0.05) is 38.5 Å². The van der Waals surface area contributed by atoms with Gasteiger partial charge in [-0.15, -0.1) is 0 Å². The lowest BCUT2D eigenvalue weighted by Gasteiger charge is -2.32. The Kier molecular flexibility index (Phi) is 9.61. The number of fused-ring (bicyclic) bond motifs is 1. The molecule has 2 N–H and O–H groups in total. The van der Waals surface area contributed by atoms with Crippen molar-refractivity contribution in [2.75, 3.05) is 33.2 Å². The third-order valence-electron chi connectivity index (χ3n) is 7.60. The fourth-order valence-electron chi connectivity index (χ4n) is 5.59. The average molecular weight is 433 g/mol. The van der Waals surface area contributed by atoms with E-state index in [0.717, 1.165) is 77.5 Å². The van der Waals surface area contributed by atoms with Gasteiger partial charge in [0.15, 0.2) is 0 Å². The number of rotatable bonds is 11. The van der Waals surface area contributed by atoms with E-state index < -0.39 is 0 Å². The Morgan fingerprint density at radius 3 is 2.71 bits per heavy atom. The molecule has 1 aliphatic heterocycles. The van der Waals surface area contributed by atoms with E-state index in [1.54, 1.807) is 0 Å². The van der Waals surface area contributed by atoms with Crippen LogP contribution in [0.25, 0.3) is 0 Å². The summed E-state index contributed by atoms with van der Waals surface area (Å²) < 4.78 is 0. The highest BCUT2D eigenvalue weighted by atomic mass is 16.3. The van der Waals surface area contributed by atoms with Crippen LogP contribution < -0.4 is 0 Å². The zero-order valence-corrected chi connectivity index (χ0v) is 19.7. The molecule has 0 aromatic rings. The lowest BCUT2D eigenvalue weighted by molar-refractivity contribution is -0.132. The maximum absolute atomic E-state index is 12.4. The summed E-state index contributed by atoms with van der Waals surface area (Å²) in [7, 11) is 2.11. The summed E-state index contributed by atoms with van der Waals surface area (Å²) in [5, 5.41) is 20.7. The quantitative estimate of drug-likeness (QED) is 0.385. The van der Waals surface area contributed by atoms with Gasteiger partial charge in [0.25, 0.3) is 0 Å². The van der Waals surface area contributed by atoms with E-state index in [-0.39, 0.29) is 18.1 Å². The van der Waals surface area contributed by atoms with Gasteiger partial charge >= 0.3 is 0 Å². The standard InChI is InChI=1S/C26H44N2O3/c1-3-4-5-9-22(29)11-12-23-24-18-20(17-21(24)19-25(23)30)8-6-7-10-26(31)28-15-13-27(2)14-16-28/h11-12,17,21-25,29-30H,3-10,13-16,18-19H2,1-2H3/b12-11+/t21-,22-,23+,24-,25+/m0/s1. The summed E-state index contributed by atoms with van der Waals surface area (Å²) in [4.78, 5) is 16.7. The molecular weight excluding hydrogens is 388 g/mol. The Morgan fingerprint density at radius 2 is 1.97 bits per heavy atom. The fourth-order valence-corrected chi connectivity index (χ4v) is 5.59. The first-order valence-electron chi connectivity index (χ1n) is 12.7. The second kappa shape index (κ2) is 12.2. The molecule has 0 unspecified atom stereocenters. The van der Waals surface area contributed by atoms with Crippen LogP contribution >= 0.6 is 0 Å². The van der Waals surface area contributed by atoms with Gasteiger partial charge in [-0.3, -0.25) is 4.79 Å². The topological polar surface area (TPSA) is 64.0 Å². The van der Waals surface area contributed by atoms with Gasteiger partial charge in [0.1, 0.15) is 0 Å². The van der Waals surface area contributed by atoms with Crippen molar-refractivity contribution in [3.63, 3.8) is 0 Å². The molecule has 0 radical (unpaired) electrons. The van der Waals surface area contributed by atoms with Crippen LogP contribution in [0.4, 0.5) is 0 Å². The average Bonchev–Trinajstić information content (AvgIpc) is 3.26. The van der Waals surface area contributed by atoms with Crippen molar-refractivity contribution in [3.8, 4) is 0 Å². The highest BCUT2D eigenvalue weighted by Crippen LogP contribution is 2.48. The molecule has 31 heavy (non-hydrogen) atoms. The monoisotopic (exact) mass is 432 g/mol. The normalized spacial score (nSPS) is 30.1. The number of carbonyl (C=O) groups is 1. The van der Waals surface area contributed by atoms with Crippen molar-refractivity contribution in [1.82, 2.24) is 9.80 Å². The number of hydrogen-bond donors (Lipinski definition) is 2. The van der Waals surface area contributed by atoms with Gasteiger partial charge < -0.3 is 20.0 Å². The second-order valence-electron chi connectivity index (χ2n) is 10.1. The molecule has 3 rings (SSSR count). The minimum absolute atomic E-state index is 0.165. The molecule has 1 amide bonds. The summed E-state index contributed by atoms with van der Waals surface area (Å²) in [6.45, 7) is 5.88. The highest BCUT2D eigenvalue weighted by molar-refractivity contribution is 5.76. The number of piperazine rings is 1. The van der Waals surface area contributed by atoms with Gasteiger partial charge in [0.2, 0.25) is 5.91 Å². The summed E-state index contributed by atoms with van der Waals surface area (Å²) in [6, 6.07) is 0. The molecule has 3 aliphatic rings. The maximum Gasteiger partial charge on any atom is 0.222 e. The molecule has 0 spiro atoms. The van der Waals surface area contributed by atoms with E-state index in [4.69, 9.17) is 0 Å². The first kappa shape index (κ1) is 24.5. The maximum atomic E-state index is 12.4. The van der Waals surface area contributed by atoms with E-state index in [0.29, 0.717) is 24.2 Å². The smallest absolute Gasteiger partial charge is 0.222 e. The summed E-state index contributed by atoms with van der Waals surface area (Å²) >= 11 is 0. The van der Waals surface area contributed by atoms with Crippen molar-refractivity contribution < 1.29 is 15.0 Å². The van der Waals surface area contributed by atoms with Crippen LogP contribution in [0.5, 0.6) is 0 Å². The molecule has 5 nitrogen and oxygen atoms in total. The predicted octanol–water partition coefficient (Wildman–Crippen LogP) is 3.76.